The van der Waals surface area contributed by atoms with E-state index in [0.29, 0.717) is 5.56 Å². The summed E-state index contributed by atoms with van der Waals surface area (Å²) in [7, 11) is 0. The lowest BCUT2D eigenvalue weighted by Crippen LogP contribution is -2.03. The van der Waals surface area contributed by atoms with Gasteiger partial charge in [-0.25, -0.2) is 4.79 Å². The first-order valence-corrected chi connectivity index (χ1v) is 6.93. The van der Waals surface area contributed by atoms with Gasteiger partial charge in [0.2, 0.25) is 0 Å². The van der Waals surface area contributed by atoms with Gasteiger partial charge in [-0.2, -0.15) is 0 Å². The molecule has 0 amide bonds. The van der Waals surface area contributed by atoms with Crippen LogP contribution >= 0.6 is 0 Å². The Morgan fingerprint density at radius 3 is 2.50 bits per heavy atom. The molecule has 1 unspecified atom stereocenters. The molecule has 0 aliphatic heterocycles. The molecule has 0 aliphatic carbocycles. The molecule has 0 bridgehead atoms. The second-order valence-corrected chi connectivity index (χ2v) is 5.32. The lowest BCUT2D eigenvalue weighted by molar-refractivity contribution is 0.0696. The number of fused-ring (bicyclic) bond motifs is 1. The summed E-state index contributed by atoms with van der Waals surface area (Å²) < 4.78 is 2.10. The highest BCUT2D eigenvalue weighted by Gasteiger charge is 2.20. The molecule has 0 radical (unpaired) electrons. The van der Waals surface area contributed by atoms with Gasteiger partial charge >= 0.3 is 5.97 Å². The molecule has 4 nitrogen and oxygen atoms in total. The molecule has 1 heterocycles. The van der Waals surface area contributed by atoms with E-state index in [0.717, 1.165) is 40.7 Å². The van der Waals surface area contributed by atoms with Crippen molar-refractivity contribution in [2.75, 3.05) is 0 Å². The summed E-state index contributed by atoms with van der Waals surface area (Å²) in [5.41, 5.74) is 3.85. The van der Waals surface area contributed by atoms with Crippen molar-refractivity contribution in [2.45, 2.75) is 46.8 Å². The van der Waals surface area contributed by atoms with Gasteiger partial charge in [-0.3, -0.25) is 0 Å². The van der Waals surface area contributed by atoms with Crippen LogP contribution in [0.3, 0.4) is 0 Å². The zero-order valence-corrected chi connectivity index (χ0v) is 12.4. The van der Waals surface area contributed by atoms with Crippen LogP contribution in [0.5, 0.6) is 0 Å². The molecule has 1 atom stereocenters. The number of aryl methyl sites for hydroxylation is 2. The third-order valence-electron chi connectivity index (χ3n) is 3.81. The summed E-state index contributed by atoms with van der Waals surface area (Å²) in [6.07, 6.45) is 0.394. The minimum atomic E-state index is -0.912. The Balaban J connectivity index is 2.86. The van der Waals surface area contributed by atoms with Crippen LogP contribution in [0, 0.1) is 13.8 Å². The number of aromatic carboxylic acids is 1. The van der Waals surface area contributed by atoms with Gasteiger partial charge in [0.05, 0.1) is 11.7 Å². The van der Waals surface area contributed by atoms with Crippen molar-refractivity contribution in [3.8, 4) is 0 Å². The third-order valence-corrected chi connectivity index (χ3v) is 3.81. The minimum Gasteiger partial charge on any atom is -0.478 e. The summed E-state index contributed by atoms with van der Waals surface area (Å²) in [5.74, 6) is -0.912. The third kappa shape index (κ3) is 2.20. The van der Waals surface area contributed by atoms with E-state index < -0.39 is 12.1 Å². The molecule has 0 spiro atoms. The van der Waals surface area contributed by atoms with Crippen LogP contribution in [0.15, 0.2) is 12.1 Å². The molecule has 108 valence electrons. The van der Waals surface area contributed by atoms with Crippen molar-refractivity contribution in [3.05, 3.63) is 34.5 Å². The van der Waals surface area contributed by atoms with E-state index in [-0.39, 0.29) is 0 Å². The first kappa shape index (κ1) is 14.6. The molecular weight excluding hydrogens is 254 g/mol. The highest BCUT2D eigenvalue weighted by atomic mass is 16.4. The maximum absolute atomic E-state index is 11.3. The van der Waals surface area contributed by atoms with Crippen LogP contribution in [0.1, 0.15) is 53.6 Å². The number of carboxylic acids is 1. The van der Waals surface area contributed by atoms with Crippen LogP contribution in [0.2, 0.25) is 0 Å². The van der Waals surface area contributed by atoms with Gasteiger partial charge in [0.15, 0.2) is 0 Å². The molecule has 0 aliphatic rings. The van der Waals surface area contributed by atoms with E-state index in [2.05, 4.69) is 11.5 Å². The van der Waals surface area contributed by atoms with Gasteiger partial charge in [0, 0.05) is 28.7 Å². The number of aliphatic hydroxyl groups is 1. The van der Waals surface area contributed by atoms with Crippen molar-refractivity contribution in [1.29, 1.82) is 0 Å². The molecule has 1 aromatic carbocycles. The van der Waals surface area contributed by atoms with E-state index in [9.17, 15) is 15.0 Å². The van der Waals surface area contributed by atoms with Gasteiger partial charge in [0.25, 0.3) is 0 Å². The fraction of sp³-hybridized carbons (Fsp3) is 0.438. The highest BCUT2D eigenvalue weighted by molar-refractivity contribution is 5.97. The normalized spacial score (nSPS) is 12.8. The average molecular weight is 275 g/mol. The number of aromatic nitrogens is 1. The van der Waals surface area contributed by atoms with Crippen LogP contribution in [-0.4, -0.2) is 20.7 Å². The van der Waals surface area contributed by atoms with Crippen molar-refractivity contribution in [2.24, 2.45) is 0 Å². The average Bonchev–Trinajstić information content (AvgIpc) is 2.61. The number of carbonyl (C=O) groups is 1. The molecule has 0 fully saturated rings. The molecule has 4 heteroatoms. The maximum Gasteiger partial charge on any atom is 0.336 e. The fourth-order valence-electron chi connectivity index (χ4n) is 2.93. The van der Waals surface area contributed by atoms with Gasteiger partial charge in [-0.1, -0.05) is 6.92 Å². The van der Waals surface area contributed by atoms with Gasteiger partial charge < -0.3 is 14.8 Å². The Morgan fingerprint density at radius 1 is 1.35 bits per heavy atom. The number of hydrogen-bond acceptors (Lipinski definition) is 2. The lowest BCUT2D eigenvalue weighted by Gasteiger charge is -2.08. The summed E-state index contributed by atoms with van der Waals surface area (Å²) >= 11 is 0. The summed E-state index contributed by atoms with van der Waals surface area (Å²) in [4.78, 5) is 11.3. The second kappa shape index (κ2) is 5.29. The van der Waals surface area contributed by atoms with Gasteiger partial charge in [-0.15, -0.1) is 0 Å². The highest BCUT2D eigenvalue weighted by Crippen LogP contribution is 2.33. The van der Waals surface area contributed by atoms with Crippen molar-refractivity contribution >= 4 is 16.9 Å². The fourth-order valence-corrected chi connectivity index (χ4v) is 2.93. The first-order chi connectivity index (χ1) is 9.38. The Kier molecular flexibility index (Phi) is 3.86. The van der Waals surface area contributed by atoms with E-state index in [1.165, 1.54) is 0 Å². The molecular formula is C16H21NO3. The Bertz CT molecular complexity index is 668. The van der Waals surface area contributed by atoms with Gasteiger partial charge in [-0.05, 0) is 44.9 Å². The topological polar surface area (TPSA) is 62.5 Å². The largest absolute Gasteiger partial charge is 0.478 e. The van der Waals surface area contributed by atoms with Crippen molar-refractivity contribution < 1.29 is 15.0 Å². The lowest BCUT2D eigenvalue weighted by atomic mass is 10.0. The molecule has 2 rings (SSSR count). The number of hydrogen-bond donors (Lipinski definition) is 2. The standard InChI is InChI=1S/C16H21NO3/c1-5-6-17-10(3)15(11(4)18)13-7-9(2)12(16(19)20)8-14(13)17/h7-8,11,18H,5-6H2,1-4H3,(H,19,20). The quantitative estimate of drug-likeness (QED) is 0.898. The van der Waals surface area contributed by atoms with E-state index in [1.54, 1.807) is 19.9 Å². The molecule has 1 aromatic heterocycles. The zero-order valence-electron chi connectivity index (χ0n) is 12.4. The molecule has 0 saturated heterocycles. The van der Waals surface area contributed by atoms with Gasteiger partial charge in [0.1, 0.15) is 0 Å². The number of aliphatic hydroxyl groups excluding tert-OH is 1. The molecule has 2 aromatic rings. The smallest absolute Gasteiger partial charge is 0.336 e. The minimum absolute atomic E-state index is 0.324. The van der Waals surface area contributed by atoms with Crippen LogP contribution in [-0.2, 0) is 6.54 Å². The number of rotatable bonds is 4. The molecule has 2 N–H and O–H groups in total. The SMILES string of the molecule is CCCn1c(C)c(C(C)O)c2cc(C)c(C(=O)O)cc21. The maximum atomic E-state index is 11.3. The van der Waals surface area contributed by atoms with Crippen molar-refractivity contribution in [1.82, 2.24) is 4.57 Å². The first-order valence-electron chi connectivity index (χ1n) is 6.93. The predicted octanol–water partition coefficient (Wildman–Crippen LogP) is 3.42. The Labute approximate surface area is 118 Å². The van der Waals surface area contributed by atoms with E-state index in [1.807, 2.05) is 13.0 Å². The van der Waals surface area contributed by atoms with Crippen LogP contribution in [0.25, 0.3) is 10.9 Å². The molecule has 20 heavy (non-hydrogen) atoms. The summed E-state index contributed by atoms with van der Waals surface area (Å²) in [6, 6.07) is 3.60. The Hall–Kier alpha value is -1.81. The predicted molar refractivity (Wildman–Crippen MR) is 79.3 cm³/mol. The number of benzene rings is 1. The zero-order chi connectivity index (χ0) is 15.0. The molecule has 0 saturated carbocycles. The van der Waals surface area contributed by atoms with Crippen LogP contribution < -0.4 is 0 Å². The van der Waals surface area contributed by atoms with Crippen molar-refractivity contribution in [3.63, 3.8) is 0 Å². The number of nitrogens with zero attached hydrogens (tertiary/aromatic N) is 1. The number of carboxylic acid groups (broad SMARTS) is 1. The Morgan fingerprint density at radius 2 is 2.00 bits per heavy atom. The summed E-state index contributed by atoms with van der Waals surface area (Å²) in [5, 5.41) is 20.2. The van der Waals surface area contributed by atoms with E-state index in [4.69, 9.17) is 0 Å². The van der Waals surface area contributed by atoms with Crippen LogP contribution in [0.4, 0.5) is 0 Å². The monoisotopic (exact) mass is 275 g/mol. The van der Waals surface area contributed by atoms with E-state index >= 15 is 0 Å². The second-order valence-electron chi connectivity index (χ2n) is 5.32. The summed E-state index contributed by atoms with van der Waals surface area (Å²) in [6.45, 7) is 8.42.